The van der Waals surface area contributed by atoms with Crippen molar-refractivity contribution < 1.29 is 9.53 Å². The van der Waals surface area contributed by atoms with Gasteiger partial charge in [-0.2, -0.15) is 0 Å². The molecule has 1 heterocycles. The summed E-state index contributed by atoms with van der Waals surface area (Å²) >= 11 is 0. The monoisotopic (exact) mass is 324 g/mol. The zero-order valence-electron chi connectivity index (χ0n) is 15.7. The second-order valence-corrected chi connectivity index (χ2v) is 8.73. The quantitative estimate of drug-likeness (QED) is 0.851. The Balaban J connectivity index is 1.71. The van der Waals surface area contributed by atoms with Gasteiger partial charge in [0.1, 0.15) is 5.60 Å². The highest BCUT2D eigenvalue weighted by Gasteiger charge is 2.30. The molecule has 4 heteroatoms. The van der Waals surface area contributed by atoms with Gasteiger partial charge < -0.3 is 15.0 Å². The minimum Gasteiger partial charge on any atom is -0.444 e. The molecule has 0 bridgehead atoms. The largest absolute Gasteiger partial charge is 0.444 e. The van der Waals surface area contributed by atoms with Crippen molar-refractivity contribution in [3.63, 3.8) is 0 Å². The van der Waals surface area contributed by atoms with Crippen molar-refractivity contribution in [2.45, 2.75) is 78.4 Å². The van der Waals surface area contributed by atoms with E-state index in [9.17, 15) is 4.79 Å². The van der Waals surface area contributed by atoms with Gasteiger partial charge in [-0.25, -0.2) is 4.79 Å². The third kappa shape index (κ3) is 5.66. The average molecular weight is 325 g/mol. The summed E-state index contributed by atoms with van der Waals surface area (Å²) in [6.07, 6.45) is 6.12. The summed E-state index contributed by atoms with van der Waals surface area (Å²) in [7, 11) is 0. The number of amides is 1. The number of carbonyl (C=O) groups is 1. The molecule has 0 aromatic rings. The van der Waals surface area contributed by atoms with Crippen LogP contribution in [0.5, 0.6) is 0 Å². The molecule has 2 atom stereocenters. The van der Waals surface area contributed by atoms with Crippen molar-refractivity contribution in [1.29, 1.82) is 0 Å². The molecular formula is C19H36N2O2. The number of nitrogens with one attached hydrogen (secondary N) is 1. The normalized spacial score (nSPS) is 30.3. The van der Waals surface area contributed by atoms with E-state index in [1.54, 1.807) is 0 Å². The zero-order valence-corrected chi connectivity index (χ0v) is 15.7. The molecule has 2 unspecified atom stereocenters. The van der Waals surface area contributed by atoms with Crippen molar-refractivity contribution in [2.75, 3.05) is 19.6 Å². The van der Waals surface area contributed by atoms with E-state index in [0.717, 1.165) is 44.3 Å². The molecule has 4 nitrogen and oxygen atoms in total. The Kier molecular flexibility index (Phi) is 6.35. The first-order valence-electron chi connectivity index (χ1n) is 9.47. The van der Waals surface area contributed by atoms with Crippen LogP contribution in [0.25, 0.3) is 0 Å². The molecule has 0 aromatic carbocycles. The van der Waals surface area contributed by atoms with Crippen LogP contribution in [-0.4, -0.2) is 42.3 Å². The highest BCUT2D eigenvalue weighted by Crippen LogP contribution is 2.29. The maximum Gasteiger partial charge on any atom is 0.410 e. The van der Waals surface area contributed by atoms with Crippen molar-refractivity contribution >= 4 is 6.09 Å². The fourth-order valence-electron chi connectivity index (χ4n) is 4.03. The average Bonchev–Trinajstić information content (AvgIpc) is 2.45. The fraction of sp³-hybridized carbons (Fsp3) is 0.947. The van der Waals surface area contributed by atoms with Gasteiger partial charge in [0.25, 0.3) is 0 Å². The number of ether oxygens (including phenoxy) is 1. The minimum atomic E-state index is -0.400. The second kappa shape index (κ2) is 7.87. The Bertz CT molecular complexity index is 373. The van der Waals surface area contributed by atoms with Crippen LogP contribution >= 0.6 is 0 Å². The standard InChI is InChI=1S/C19H36N2O2/c1-14-7-6-8-15(2)17(14)20-13-16-9-11-21(12-10-16)18(22)23-19(3,4)5/h14-17,20H,6-13H2,1-5H3. The van der Waals surface area contributed by atoms with Gasteiger partial charge in [-0.05, 0) is 70.8 Å². The van der Waals surface area contributed by atoms with Gasteiger partial charge in [0, 0.05) is 19.1 Å². The van der Waals surface area contributed by atoms with E-state index in [2.05, 4.69) is 19.2 Å². The van der Waals surface area contributed by atoms with Gasteiger partial charge in [-0.3, -0.25) is 0 Å². The van der Waals surface area contributed by atoms with Crippen molar-refractivity contribution in [1.82, 2.24) is 10.2 Å². The van der Waals surface area contributed by atoms with Gasteiger partial charge in [0.15, 0.2) is 0 Å². The number of piperidine rings is 1. The number of nitrogens with zero attached hydrogens (tertiary/aromatic N) is 1. The van der Waals surface area contributed by atoms with E-state index < -0.39 is 5.60 Å². The van der Waals surface area contributed by atoms with E-state index in [0.29, 0.717) is 12.0 Å². The van der Waals surface area contributed by atoms with Crippen LogP contribution in [0.1, 0.15) is 66.7 Å². The van der Waals surface area contributed by atoms with E-state index >= 15 is 0 Å². The first-order chi connectivity index (χ1) is 10.8. The molecule has 1 N–H and O–H groups in total. The Morgan fingerprint density at radius 1 is 1.09 bits per heavy atom. The van der Waals surface area contributed by atoms with Crippen LogP contribution in [-0.2, 0) is 4.74 Å². The lowest BCUT2D eigenvalue weighted by Crippen LogP contribution is -2.47. The number of rotatable bonds is 3. The Hall–Kier alpha value is -0.770. The van der Waals surface area contributed by atoms with Crippen molar-refractivity contribution in [2.24, 2.45) is 17.8 Å². The number of carbonyl (C=O) groups excluding carboxylic acids is 1. The van der Waals surface area contributed by atoms with Gasteiger partial charge in [-0.15, -0.1) is 0 Å². The molecule has 2 aliphatic rings. The number of likely N-dealkylation sites (tertiary alicyclic amines) is 1. The van der Waals surface area contributed by atoms with Crippen LogP contribution in [0.3, 0.4) is 0 Å². The molecule has 0 radical (unpaired) electrons. The molecule has 1 aliphatic carbocycles. The van der Waals surface area contributed by atoms with Crippen LogP contribution in [0, 0.1) is 17.8 Å². The third-order valence-electron chi connectivity index (χ3n) is 5.45. The SMILES string of the molecule is CC1CCCC(C)C1NCC1CCN(C(=O)OC(C)(C)C)CC1. The summed E-state index contributed by atoms with van der Waals surface area (Å²) in [5.74, 6) is 2.27. The van der Waals surface area contributed by atoms with E-state index in [1.807, 2.05) is 25.7 Å². The highest BCUT2D eigenvalue weighted by molar-refractivity contribution is 5.68. The highest BCUT2D eigenvalue weighted by atomic mass is 16.6. The molecule has 0 spiro atoms. The summed E-state index contributed by atoms with van der Waals surface area (Å²) in [6.45, 7) is 13.3. The van der Waals surface area contributed by atoms with Crippen LogP contribution in [0.4, 0.5) is 4.79 Å². The number of hydrogen-bond acceptors (Lipinski definition) is 3. The number of hydrogen-bond donors (Lipinski definition) is 1. The van der Waals surface area contributed by atoms with Gasteiger partial charge in [0.05, 0.1) is 0 Å². The summed E-state index contributed by atoms with van der Waals surface area (Å²) < 4.78 is 5.47. The van der Waals surface area contributed by atoms with Gasteiger partial charge >= 0.3 is 6.09 Å². The van der Waals surface area contributed by atoms with Crippen molar-refractivity contribution in [3.8, 4) is 0 Å². The second-order valence-electron chi connectivity index (χ2n) is 8.73. The predicted molar refractivity (Wildman–Crippen MR) is 94.5 cm³/mol. The first-order valence-corrected chi connectivity index (χ1v) is 9.47. The molecule has 1 saturated heterocycles. The van der Waals surface area contributed by atoms with Crippen LogP contribution in [0.2, 0.25) is 0 Å². The minimum absolute atomic E-state index is 0.154. The molecule has 1 aliphatic heterocycles. The maximum atomic E-state index is 12.1. The summed E-state index contributed by atoms with van der Waals surface area (Å²) in [5, 5.41) is 3.84. The molecule has 2 rings (SSSR count). The molecular weight excluding hydrogens is 288 g/mol. The van der Waals surface area contributed by atoms with E-state index in [4.69, 9.17) is 4.74 Å². The molecule has 134 valence electrons. The van der Waals surface area contributed by atoms with Gasteiger partial charge in [0.2, 0.25) is 0 Å². The lowest BCUT2D eigenvalue weighted by molar-refractivity contribution is 0.0181. The van der Waals surface area contributed by atoms with Crippen LogP contribution < -0.4 is 5.32 Å². The lowest BCUT2D eigenvalue weighted by Gasteiger charge is -2.38. The lowest BCUT2D eigenvalue weighted by atomic mass is 9.78. The molecule has 1 saturated carbocycles. The van der Waals surface area contributed by atoms with E-state index in [-0.39, 0.29) is 6.09 Å². The summed E-state index contributed by atoms with van der Waals surface area (Å²) in [5.41, 5.74) is -0.400. The Labute approximate surface area is 142 Å². The summed E-state index contributed by atoms with van der Waals surface area (Å²) in [4.78, 5) is 14.0. The molecule has 0 aromatic heterocycles. The predicted octanol–water partition coefficient (Wildman–Crippen LogP) is 4.05. The maximum absolute atomic E-state index is 12.1. The fourth-order valence-corrected chi connectivity index (χ4v) is 4.03. The molecule has 23 heavy (non-hydrogen) atoms. The van der Waals surface area contributed by atoms with Gasteiger partial charge in [-0.1, -0.05) is 20.3 Å². The summed E-state index contributed by atoms with van der Waals surface area (Å²) in [6, 6.07) is 0.674. The topological polar surface area (TPSA) is 41.6 Å². The smallest absolute Gasteiger partial charge is 0.410 e. The zero-order chi connectivity index (χ0) is 17.0. The molecule has 1 amide bonds. The van der Waals surface area contributed by atoms with Crippen LogP contribution in [0.15, 0.2) is 0 Å². The molecule has 2 fully saturated rings. The third-order valence-corrected chi connectivity index (χ3v) is 5.45. The van der Waals surface area contributed by atoms with Crippen molar-refractivity contribution in [3.05, 3.63) is 0 Å². The Morgan fingerprint density at radius 3 is 2.17 bits per heavy atom. The van der Waals surface area contributed by atoms with E-state index in [1.165, 1.54) is 19.3 Å². The Morgan fingerprint density at radius 2 is 1.65 bits per heavy atom. The first kappa shape index (κ1) is 18.6.